The SMILES string of the molecule is CCC(C)C(N)CNC1CCCC1OC. The first kappa shape index (κ1) is 12.9. The van der Waals surface area contributed by atoms with Crippen LogP contribution in [-0.2, 0) is 4.74 Å². The van der Waals surface area contributed by atoms with Crippen LogP contribution in [0.3, 0.4) is 0 Å². The summed E-state index contributed by atoms with van der Waals surface area (Å²) >= 11 is 0. The van der Waals surface area contributed by atoms with Gasteiger partial charge >= 0.3 is 0 Å². The molecule has 0 bridgehead atoms. The predicted molar refractivity (Wildman–Crippen MR) is 63.9 cm³/mol. The molecular weight excluding hydrogens is 188 g/mol. The Morgan fingerprint density at radius 1 is 1.47 bits per heavy atom. The van der Waals surface area contributed by atoms with Gasteiger partial charge in [-0.2, -0.15) is 0 Å². The van der Waals surface area contributed by atoms with Gasteiger partial charge in [0.25, 0.3) is 0 Å². The molecule has 0 spiro atoms. The topological polar surface area (TPSA) is 47.3 Å². The van der Waals surface area contributed by atoms with Crippen LogP contribution in [0, 0.1) is 5.92 Å². The summed E-state index contributed by atoms with van der Waals surface area (Å²) < 4.78 is 5.44. The molecule has 3 heteroatoms. The minimum absolute atomic E-state index is 0.271. The zero-order chi connectivity index (χ0) is 11.3. The second-order valence-corrected chi connectivity index (χ2v) is 4.77. The number of hydrogen-bond acceptors (Lipinski definition) is 3. The molecule has 90 valence electrons. The van der Waals surface area contributed by atoms with Crippen LogP contribution in [0.2, 0.25) is 0 Å². The largest absolute Gasteiger partial charge is 0.380 e. The predicted octanol–water partition coefficient (Wildman–Crippen LogP) is 1.52. The fourth-order valence-electron chi connectivity index (χ4n) is 2.23. The van der Waals surface area contributed by atoms with Crippen molar-refractivity contribution in [2.24, 2.45) is 11.7 Å². The van der Waals surface area contributed by atoms with Crippen LogP contribution < -0.4 is 11.1 Å². The summed E-state index contributed by atoms with van der Waals surface area (Å²) in [5, 5.41) is 3.55. The molecule has 0 aromatic heterocycles. The van der Waals surface area contributed by atoms with Gasteiger partial charge in [0, 0.05) is 25.7 Å². The molecule has 4 atom stereocenters. The molecule has 0 aromatic carbocycles. The molecule has 1 fully saturated rings. The van der Waals surface area contributed by atoms with Crippen molar-refractivity contribution in [2.75, 3.05) is 13.7 Å². The normalized spacial score (nSPS) is 30.4. The van der Waals surface area contributed by atoms with Crippen molar-refractivity contribution in [3.05, 3.63) is 0 Å². The Balaban J connectivity index is 2.24. The summed E-state index contributed by atoms with van der Waals surface area (Å²) in [5.41, 5.74) is 6.09. The summed E-state index contributed by atoms with van der Waals surface area (Å²) in [4.78, 5) is 0. The molecule has 0 saturated heterocycles. The lowest BCUT2D eigenvalue weighted by atomic mass is 10.00. The van der Waals surface area contributed by atoms with Gasteiger partial charge in [-0.25, -0.2) is 0 Å². The van der Waals surface area contributed by atoms with Crippen molar-refractivity contribution in [3.63, 3.8) is 0 Å². The summed E-state index contributed by atoms with van der Waals surface area (Å²) in [5.74, 6) is 0.597. The molecule has 0 amide bonds. The minimum Gasteiger partial charge on any atom is -0.380 e. The van der Waals surface area contributed by atoms with Crippen LogP contribution in [0.25, 0.3) is 0 Å². The highest BCUT2D eigenvalue weighted by atomic mass is 16.5. The Bertz CT molecular complexity index is 175. The molecule has 1 rings (SSSR count). The number of nitrogens with one attached hydrogen (secondary N) is 1. The Morgan fingerprint density at radius 2 is 2.20 bits per heavy atom. The van der Waals surface area contributed by atoms with E-state index in [1.54, 1.807) is 7.11 Å². The summed E-state index contributed by atoms with van der Waals surface area (Å²) in [6, 6.07) is 0.790. The Hall–Kier alpha value is -0.120. The lowest BCUT2D eigenvalue weighted by Gasteiger charge is -2.24. The summed E-state index contributed by atoms with van der Waals surface area (Å²) in [7, 11) is 1.80. The van der Waals surface area contributed by atoms with Gasteiger partial charge in [-0.15, -0.1) is 0 Å². The highest BCUT2D eigenvalue weighted by molar-refractivity contribution is 4.85. The molecule has 4 unspecified atom stereocenters. The van der Waals surface area contributed by atoms with Gasteiger partial charge in [-0.1, -0.05) is 20.3 Å². The van der Waals surface area contributed by atoms with E-state index < -0.39 is 0 Å². The first-order valence-electron chi connectivity index (χ1n) is 6.20. The maximum absolute atomic E-state index is 6.09. The highest BCUT2D eigenvalue weighted by Gasteiger charge is 2.27. The molecule has 3 N–H and O–H groups in total. The van der Waals surface area contributed by atoms with Crippen molar-refractivity contribution in [3.8, 4) is 0 Å². The third-order valence-corrected chi connectivity index (χ3v) is 3.75. The van der Waals surface area contributed by atoms with Gasteiger partial charge < -0.3 is 15.8 Å². The van der Waals surface area contributed by atoms with E-state index in [4.69, 9.17) is 10.5 Å². The summed E-state index contributed by atoms with van der Waals surface area (Å²) in [6.45, 7) is 5.33. The number of rotatable bonds is 6. The maximum atomic E-state index is 6.09. The first-order valence-corrected chi connectivity index (χ1v) is 6.20. The Kier molecular flexibility index (Phi) is 5.58. The molecule has 0 radical (unpaired) electrons. The molecule has 0 aliphatic heterocycles. The zero-order valence-corrected chi connectivity index (χ0v) is 10.3. The van der Waals surface area contributed by atoms with E-state index in [-0.39, 0.29) is 6.04 Å². The van der Waals surface area contributed by atoms with Crippen molar-refractivity contribution >= 4 is 0 Å². The second-order valence-electron chi connectivity index (χ2n) is 4.77. The quantitative estimate of drug-likeness (QED) is 0.704. The van der Waals surface area contributed by atoms with Gasteiger partial charge in [0.2, 0.25) is 0 Å². The van der Waals surface area contributed by atoms with Gasteiger partial charge in [0.1, 0.15) is 0 Å². The van der Waals surface area contributed by atoms with Gasteiger partial charge in [-0.3, -0.25) is 0 Å². The van der Waals surface area contributed by atoms with E-state index in [2.05, 4.69) is 19.2 Å². The van der Waals surface area contributed by atoms with Crippen molar-refractivity contribution < 1.29 is 4.74 Å². The third-order valence-electron chi connectivity index (χ3n) is 3.75. The van der Waals surface area contributed by atoms with Crippen molar-refractivity contribution in [1.29, 1.82) is 0 Å². The van der Waals surface area contributed by atoms with Gasteiger partial charge in [0.15, 0.2) is 0 Å². The molecule has 15 heavy (non-hydrogen) atoms. The number of nitrogens with two attached hydrogens (primary N) is 1. The Morgan fingerprint density at radius 3 is 2.80 bits per heavy atom. The number of hydrogen-bond donors (Lipinski definition) is 2. The molecule has 1 aliphatic rings. The number of methoxy groups -OCH3 is 1. The van der Waals surface area contributed by atoms with E-state index in [0.717, 1.165) is 13.0 Å². The maximum Gasteiger partial charge on any atom is 0.0724 e. The Labute approximate surface area is 93.8 Å². The zero-order valence-electron chi connectivity index (χ0n) is 10.3. The van der Waals surface area contributed by atoms with Crippen LogP contribution in [0.1, 0.15) is 39.5 Å². The molecule has 1 aliphatic carbocycles. The molecule has 3 nitrogen and oxygen atoms in total. The standard InChI is InChI=1S/C12H26N2O/c1-4-9(2)10(13)8-14-11-6-5-7-12(11)15-3/h9-12,14H,4-8,13H2,1-3H3. The van der Waals surface area contributed by atoms with Gasteiger partial charge in [0.05, 0.1) is 6.10 Å². The first-order chi connectivity index (χ1) is 7.19. The van der Waals surface area contributed by atoms with Crippen molar-refractivity contribution in [2.45, 2.75) is 57.7 Å². The fourth-order valence-corrected chi connectivity index (χ4v) is 2.23. The molecule has 0 heterocycles. The molecule has 0 aromatic rings. The van der Waals surface area contributed by atoms with E-state index in [0.29, 0.717) is 18.1 Å². The van der Waals surface area contributed by atoms with E-state index in [1.165, 1.54) is 19.3 Å². The van der Waals surface area contributed by atoms with Gasteiger partial charge in [-0.05, 0) is 25.2 Å². The highest BCUT2D eigenvalue weighted by Crippen LogP contribution is 2.21. The lowest BCUT2D eigenvalue weighted by Crippen LogP contribution is -2.45. The third kappa shape index (κ3) is 3.74. The molecule has 1 saturated carbocycles. The average molecular weight is 214 g/mol. The van der Waals surface area contributed by atoms with Crippen LogP contribution in [0.4, 0.5) is 0 Å². The number of ether oxygens (including phenoxy) is 1. The van der Waals surface area contributed by atoms with Crippen LogP contribution >= 0.6 is 0 Å². The summed E-state index contributed by atoms with van der Waals surface area (Å²) in [6.07, 6.45) is 5.24. The lowest BCUT2D eigenvalue weighted by molar-refractivity contribution is 0.0842. The minimum atomic E-state index is 0.271. The fraction of sp³-hybridized carbons (Fsp3) is 1.00. The monoisotopic (exact) mass is 214 g/mol. The van der Waals surface area contributed by atoms with Crippen LogP contribution in [0.15, 0.2) is 0 Å². The second kappa shape index (κ2) is 6.46. The van der Waals surface area contributed by atoms with E-state index in [9.17, 15) is 0 Å². The average Bonchev–Trinajstić information content (AvgIpc) is 2.71. The van der Waals surface area contributed by atoms with Crippen LogP contribution in [0.5, 0.6) is 0 Å². The van der Waals surface area contributed by atoms with E-state index >= 15 is 0 Å². The van der Waals surface area contributed by atoms with Crippen molar-refractivity contribution in [1.82, 2.24) is 5.32 Å². The molecular formula is C12H26N2O. The van der Waals surface area contributed by atoms with E-state index in [1.807, 2.05) is 0 Å². The smallest absolute Gasteiger partial charge is 0.0724 e. The van der Waals surface area contributed by atoms with Crippen LogP contribution in [-0.4, -0.2) is 31.8 Å².